The van der Waals surface area contributed by atoms with E-state index in [0.29, 0.717) is 5.75 Å². The highest BCUT2D eigenvalue weighted by Gasteiger charge is 2.08. The van der Waals surface area contributed by atoms with Crippen LogP contribution in [0.25, 0.3) is 0 Å². The maximum Gasteiger partial charge on any atom is 0.290 e. The van der Waals surface area contributed by atoms with E-state index in [1.807, 2.05) is 27.1 Å². The summed E-state index contributed by atoms with van der Waals surface area (Å²) in [6.45, 7) is 5.86. The zero-order chi connectivity index (χ0) is 20.9. The molecular weight excluding hydrogens is 353 g/mol. The normalized spacial score (nSPS) is 16.7. The Labute approximate surface area is 162 Å². The Balaban J connectivity index is 0. The predicted octanol–water partition coefficient (Wildman–Crippen LogP) is 1.39. The van der Waals surface area contributed by atoms with E-state index in [0.717, 1.165) is 25.1 Å². The lowest BCUT2D eigenvalue weighted by Gasteiger charge is -2.00. The number of hydrogen-bond acceptors (Lipinski definition) is 6. The fraction of sp³-hybridized carbons (Fsp3) is 0.632. The molecule has 0 saturated carbocycles. The molecule has 0 aromatic heterocycles. The Hall–Kier alpha value is -1.74. The number of aryl methyl sites for hydroxylation is 1. The van der Waals surface area contributed by atoms with Gasteiger partial charge >= 0.3 is 0 Å². The molecule has 158 valence electrons. The Morgan fingerprint density at radius 3 is 2.04 bits per heavy atom. The second kappa shape index (κ2) is 20.6. The molecule has 1 atom stereocenters. The van der Waals surface area contributed by atoms with E-state index in [-0.39, 0.29) is 18.4 Å². The van der Waals surface area contributed by atoms with E-state index in [4.69, 9.17) is 19.7 Å². The number of hydrogen-bond donors (Lipinski definition) is 5. The minimum absolute atomic E-state index is 0.0648. The van der Waals surface area contributed by atoms with Gasteiger partial charge in [0.05, 0.1) is 13.2 Å². The summed E-state index contributed by atoms with van der Waals surface area (Å²) in [5.74, 6) is -0.00639. The molecule has 0 radical (unpaired) electrons. The number of aliphatic hydroxyl groups is 1. The largest absolute Gasteiger partial charge is 0.494 e. The van der Waals surface area contributed by atoms with Crippen LogP contribution in [0, 0.1) is 12.7 Å². The highest BCUT2D eigenvalue weighted by Crippen LogP contribution is 2.16. The smallest absolute Gasteiger partial charge is 0.290 e. The molecule has 2 heterocycles. The Morgan fingerprint density at radius 1 is 1.22 bits per heavy atom. The average molecular weight is 390 g/mol. The SMILES string of the molecule is C1CCNC1.CNC.COc1ccc(C)cc1F.O=CO.OC1CCNC1. The first-order chi connectivity index (χ1) is 13.0. The summed E-state index contributed by atoms with van der Waals surface area (Å²) in [6, 6.07) is 4.87. The number of carbonyl (C=O) groups is 1. The molecule has 2 fully saturated rings. The third-order valence-electron chi connectivity index (χ3n) is 3.30. The van der Waals surface area contributed by atoms with Crippen LogP contribution in [0.4, 0.5) is 4.39 Å². The monoisotopic (exact) mass is 389 g/mol. The zero-order valence-electron chi connectivity index (χ0n) is 16.9. The van der Waals surface area contributed by atoms with Crippen LogP contribution in [0.5, 0.6) is 5.75 Å². The van der Waals surface area contributed by atoms with Crippen LogP contribution in [0.3, 0.4) is 0 Å². The van der Waals surface area contributed by atoms with Gasteiger partial charge in [-0.25, -0.2) is 4.39 Å². The molecule has 2 aliphatic rings. The number of benzene rings is 1. The van der Waals surface area contributed by atoms with Gasteiger partial charge in [-0.3, -0.25) is 4.79 Å². The van der Waals surface area contributed by atoms with Gasteiger partial charge in [0.25, 0.3) is 6.47 Å². The standard InChI is InChI=1S/C8H9FO.C4H9NO.C4H9N.C2H7N.CH2O2/c1-6-3-4-8(10-2)7(9)5-6;6-4-1-2-5-3-4;1-2-4-5-3-1;1-3-2;2-1-3/h3-5H,1-2H3;4-6H,1-3H2;5H,1-4H2;3H,1-2H3;1H,(H,2,3). The molecule has 1 unspecified atom stereocenters. The van der Waals surface area contributed by atoms with Crippen molar-refractivity contribution in [1.82, 2.24) is 16.0 Å². The number of nitrogens with one attached hydrogen (secondary N) is 3. The van der Waals surface area contributed by atoms with Crippen molar-refractivity contribution in [2.75, 3.05) is 47.4 Å². The molecule has 0 aliphatic carbocycles. The first-order valence-corrected chi connectivity index (χ1v) is 9.02. The van der Waals surface area contributed by atoms with Crippen LogP contribution in [-0.4, -0.2) is 70.2 Å². The van der Waals surface area contributed by atoms with Gasteiger partial charge in [-0.05, 0) is 77.6 Å². The highest BCUT2D eigenvalue weighted by atomic mass is 19.1. The molecule has 2 saturated heterocycles. The molecule has 0 spiro atoms. The van der Waals surface area contributed by atoms with Crippen LogP contribution in [-0.2, 0) is 4.79 Å². The Kier molecular flexibility index (Phi) is 20.9. The van der Waals surface area contributed by atoms with Gasteiger partial charge in [0.15, 0.2) is 11.6 Å². The van der Waals surface area contributed by atoms with Gasteiger partial charge in [0.2, 0.25) is 0 Å². The minimum atomic E-state index is -0.303. The van der Waals surface area contributed by atoms with Crippen molar-refractivity contribution >= 4 is 6.47 Å². The van der Waals surface area contributed by atoms with Crippen LogP contribution < -0.4 is 20.7 Å². The third-order valence-corrected chi connectivity index (χ3v) is 3.30. The lowest BCUT2D eigenvalue weighted by Crippen LogP contribution is -2.11. The summed E-state index contributed by atoms with van der Waals surface area (Å²) in [5, 5.41) is 24.5. The molecule has 0 amide bonds. The van der Waals surface area contributed by atoms with E-state index in [2.05, 4.69) is 16.0 Å². The van der Waals surface area contributed by atoms with Crippen molar-refractivity contribution in [2.45, 2.75) is 32.3 Å². The number of halogens is 1. The zero-order valence-corrected chi connectivity index (χ0v) is 16.9. The molecule has 2 aliphatic heterocycles. The number of ether oxygens (including phenoxy) is 1. The summed E-state index contributed by atoms with van der Waals surface area (Å²) in [6.07, 6.45) is 3.64. The third kappa shape index (κ3) is 18.8. The van der Waals surface area contributed by atoms with E-state index >= 15 is 0 Å². The lowest BCUT2D eigenvalue weighted by atomic mass is 10.2. The number of methoxy groups -OCH3 is 1. The van der Waals surface area contributed by atoms with Gasteiger partial charge in [-0.1, -0.05) is 6.07 Å². The Bertz CT molecular complexity index is 447. The van der Waals surface area contributed by atoms with Crippen molar-refractivity contribution < 1.29 is 24.1 Å². The molecule has 7 nitrogen and oxygen atoms in total. The van der Waals surface area contributed by atoms with Gasteiger partial charge in [-0.2, -0.15) is 0 Å². The van der Waals surface area contributed by atoms with Crippen molar-refractivity contribution in [2.24, 2.45) is 0 Å². The lowest BCUT2D eigenvalue weighted by molar-refractivity contribution is -0.122. The molecule has 3 rings (SSSR count). The van der Waals surface area contributed by atoms with Gasteiger partial charge in [0, 0.05) is 6.54 Å². The number of rotatable bonds is 1. The van der Waals surface area contributed by atoms with Gasteiger partial charge in [-0.15, -0.1) is 0 Å². The summed E-state index contributed by atoms with van der Waals surface area (Å²) < 4.78 is 17.5. The molecule has 1 aromatic carbocycles. The number of carboxylic acid groups (broad SMARTS) is 1. The molecular formula is C19H36FN3O4. The fourth-order valence-electron chi connectivity index (χ4n) is 2.04. The maximum atomic E-state index is 12.7. The van der Waals surface area contributed by atoms with Crippen molar-refractivity contribution in [3.8, 4) is 5.75 Å². The maximum absolute atomic E-state index is 12.7. The van der Waals surface area contributed by atoms with Crippen LogP contribution in [0.15, 0.2) is 18.2 Å². The quantitative estimate of drug-likeness (QED) is 0.463. The van der Waals surface area contributed by atoms with Crippen LogP contribution >= 0.6 is 0 Å². The van der Waals surface area contributed by atoms with Gasteiger partial charge in [0.1, 0.15) is 0 Å². The van der Waals surface area contributed by atoms with Gasteiger partial charge < -0.3 is 30.9 Å². The van der Waals surface area contributed by atoms with Crippen molar-refractivity contribution in [3.63, 3.8) is 0 Å². The summed E-state index contributed by atoms with van der Waals surface area (Å²) in [4.78, 5) is 8.36. The van der Waals surface area contributed by atoms with Crippen LogP contribution in [0.1, 0.15) is 24.8 Å². The van der Waals surface area contributed by atoms with E-state index < -0.39 is 0 Å². The average Bonchev–Trinajstić information content (AvgIpc) is 3.33. The number of β-amino-alcohol motifs (C(OH)–C–C–N with tert-alkyl or cyclic N) is 1. The Morgan fingerprint density at radius 2 is 1.78 bits per heavy atom. The predicted molar refractivity (Wildman–Crippen MR) is 107 cm³/mol. The molecule has 27 heavy (non-hydrogen) atoms. The molecule has 1 aromatic rings. The van der Waals surface area contributed by atoms with Crippen molar-refractivity contribution in [1.29, 1.82) is 0 Å². The van der Waals surface area contributed by atoms with Crippen LogP contribution in [0.2, 0.25) is 0 Å². The van der Waals surface area contributed by atoms with E-state index in [9.17, 15) is 4.39 Å². The molecule has 8 heteroatoms. The first-order valence-electron chi connectivity index (χ1n) is 9.02. The second-order valence-electron chi connectivity index (χ2n) is 5.85. The summed E-state index contributed by atoms with van der Waals surface area (Å²) in [5.41, 5.74) is 0.901. The molecule has 0 bridgehead atoms. The second-order valence-corrected chi connectivity index (χ2v) is 5.85. The minimum Gasteiger partial charge on any atom is -0.494 e. The topological polar surface area (TPSA) is 103 Å². The molecule has 5 N–H and O–H groups in total. The van der Waals surface area contributed by atoms with E-state index in [1.165, 1.54) is 39.1 Å². The highest BCUT2D eigenvalue weighted by molar-refractivity contribution is 5.32. The summed E-state index contributed by atoms with van der Waals surface area (Å²) >= 11 is 0. The number of aliphatic hydroxyl groups excluding tert-OH is 1. The van der Waals surface area contributed by atoms with E-state index in [1.54, 1.807) is 6.07 Å². The fourth-order valence-corrected chi connectivity index (χ4v) is 2.04. The van der Waals surface area contributed by atoms with Crippen molar-refractivity contribution in [3.05, 3.63) is 29.6 Å². The summed E-state index contributed by atoms with van der Waals surface area (Å²) in [7, 11) is 5.20. The first kappa shape index (κ1) is 27.5.